The summed E-state index contributed by atoms with van der Waals surface area (Å²) >= 11 is 0. The molecule has 1 fully saturated rings. The smallest absolute Gasteiger partial charge is 0.236 e. The molecule has 0 bridgehead atoms. The summed E-state index contributed by atoms with van der Waals surface area (Å²) in [5, 5.41) is 4.06. The lowest BCUT2D eigenvalue weighted by Crippen LogP contribution is -2.56. The second kappa shape index (κ2) is 4.96. The number of primary amides is 1. The number of nitrogens with one attached hydrogen (secondary N) is 1. The Morgan fingerprint density at radius 1 is 1.36 bits per heavy atom. The van der Waals surface area contributed by atoms with E-state index in [0.29, 0.717) is 24.5 Å². The molecule has 0 saturated carbocycles. The molecule has 3 N–H and O–H groups in total. The van der Waals surface area contributed by atoms with Crippen LogP contribution in [-0.2, 0) is 4.79 Å². The number of carbonyl (C=O) groups is 1. The number of piperazine rings is 1. The summed E-state index contributed by atoms with van der Waals surface area (Å²) in [6.45, 7) is 1.87. The third-order valence-corrected chi connectivity index (χ3v) is 3.96. The highest BCUT2D eigenvalue weighted by molar-refractivity contribution is 6.05. The highest BCUT2D eigenvalue weighted by atomic mass is 16.3. The number of hydrogen-bond acceptors (Lipinski definition) is 6. The van der Waals surface area contributed by atoms with Gasteiger partial charge in [-0.05, 0) is 12.1 Å². The maximum absolute atomic E-state index is 11.4. The molecule has 112 valence electrons. The summed E-state index contributed by atoms with van der Waals surface area (Å²) in [7, 11) is 0. The minimum atomic E-state index is -0.386. The van der Waals surface area contributed by atoms with Crippen molar-refractivity contribution in [2.75, 3.05) is 24.5 Å². The van der Waals surface area contributed by atoms with Gasteiger partial charge in [0.25, 0.3) is 0 Å². The highest BCUT2D eigenvalue weighted by Crippen LogP contribution is 2.32. The number of furan rings is 1. The predicted molar refractivity (Wildman–Crippen MR) is 82.5 cm³/mol. The van der Waals surface area contributed by atoms with Crippen molar-refractivity contribution in [2.24, 2.45) is 5.73 Å². The second-order valence-electron chi connectivity index (χ2n) is 5.33. The fraction of sp³-hybridized carbons (Fsp3) is 0.267. The first-order valence-electron chi connectivity index (χ1n) is 7.14. The number of benzene rings is 1. The fourth-order valence-corrected chi connectivity index (χ4v) is 2.87. The molecule has 4 rings (SSSR count). The summed E-state index contributed by atoms with van der Waals surface area (Å²) in [5.41, 5.74) is 7.61. The van der Waals surface area contributed by atoms with Crippen molar-refractivity contribution in [3.8, 4) is 0 Å². The zero-order chi connectivity index (χ0) is 15.1. The average Bonchev–Trinajstić information content (AvgIpc) is 2.93. The first-order chi connectivity index (χ1) is 10.7. The van der Waals surface area contributed by atoms with Crippen LogP contribution in [0, 0.1) is 0 Å². The number of para-hydroxylation sites is 1. The second-order valence-corrected chi connectivity index (χ2v) is 5.33. The largest absolute Gasteiger partial charge is 0.450 e. The van der Waals surface area contributed by atoms with Crippen LogP contribution in [0.2, 0.25) is 0 Å². The van der Waals surface area contributed by atoms with Crippen molar-refractivity contribution in [1.29, 1.82) is 0 Å². The number of nitrogens with two attached hydrogens (primary N) is 1. The van der Waals surface area contributed by atoms with Gasteiger partial charge in [-0.3, -0.25) is 4.79 Å². The van der Waals surface area contributed by atoms with Gasteiger partial charge in [-0.15, -0.1) is 0 Å². The van der Waals surface area contributed by atoms with E-state index in [9.17, 15) is 4.79 Å². The van der Waals surface area contributed by atoms with Gasteiger partial charge in [0.1, 0.15) is 23.5 Å². The molecule has 7 nitrogen and oxygen atoms in total. The molecule has 0 spiro atoms. The molecule has 1 unspecified atom stereocenters. The molecule has 7 heteroatoms. The molecule has 1 amide bonds. The van der Waals surface area contributed by atoms with Crippen molar-refractivity contribution in [2.45, 2.75) is 6.04 Å². The van der Waals surface area contributed by atoms with Crippen molar-refractivity contribution >= 4 is 33.8 Å². The number of amides is 1. The number of anilines is 1. The van der Waals surface area contributed by atoms with Crippen molar-refractivity contribution in [3.63, 3.8) is 0 Å². The number of rotatable bonds is 2. The predicted octanol–water partition coefficient (Wildman–Crippen LogP) is 0.639. The van der Waals surface area contributed by atoms with E-state index < -0.39 is 0 Å². The van der Waals surface area contributed by atoms with Crippen molar-refractivity contribution < 1.29 is 9.21 Å². The summed E-state index contributed by atoms with van der Waals surface area (Å²) in [5.74, 6) is 0.341. The van der Waals surface area contributed by atoms with Crippen LogP contribution < -0.4 is 16.0 Å². The summed E-state index contributed by atoms with van der Waals surface area (Å²) in [4.78, 5) is 22.1. The minimum Gasteiger partial charge on any atom is -0.450 e. The van der Waals surface area contributed by atoms with Crippen LogP contribution in [0.15, 0.2) is 35.0 Å². The fourth-order valence-electron chi connectivity index (χ4n) is 2.87. The standard InChI is InChI=1S/C15H15N5O2/c16-14(21)10-7-20(6-5-17-10)15-13-12(18-8-19-15)9-3-1-2-4-11(9)22-13/h1-4,8,10,17H,5-7H2,(H2,16,21). The Morgan fingerprint density at radius 2 is 2.23 bits per heavy atom. The SMILES string of the molecule is NC(=O)C1CN(c2ncnc3c2oc2ccccc23)CCN1. The topological polar surface area (TPSA) is 97.3 Å². The number of fused-ring (bicyclic) bond motifs is 3. The van der Waals surface area contributed by atoms with E-state index in [-0.39, 0.29) is 11.9 Å². The molecule has 2 aromatic heterocycles. The van der Waals surface area contributed by atoms with Crippen LogP contribution in [0.3, 0.4) is 0 Å². The van der Waals surface area contributed by atoms with Gasteiger partial charge in [-0.2, -0.15) is 0 Å². The van der Waals surface area contributed by atoms with Gasteiger partial charge in [-0.1, -0.05) is 12.1 Å². The van der Waals surface area contributed by atoms with Gasteiger partial charge in [0.2, 0.25) is 5.91 Å². The average molecular weight is 297 g/mol. The van der Waals surface area contributed by atoms with Crippen molar-refractivity contribution in [3.05, 3.63) is 30.6 Å². The van der Waals surface area contributed by atoms with Crippen LogP contribution in [0.25, 0.3) is 22.1 Å². The van der Waals surface area contributed by atoms with Crippen LogP contribution in [0.1, 0.15) is 0 Å². The van der Waals surface area contributed by atoms with E-state index in [2.05, 4.69) is 15.3 Å². The van der Waals surface area contributed by atoms with Gasteiger partial charge in [-0.25, -0.2) is 9.97 Å². The molecular formula is C15H15N5O2. The van der Waals surface area contributed by atoms with Crippen LogP contribution in [-0.4, -0.2) is 41.6 Å². The molecule has 3 aromatic rings. The molecule has 0 radical (unpaired) electrons. The van der Waals surface area contributed by atoms with E-state index >= 15 is 0 Å². The zero-order valence-electron chi connectivity index (χ0n) is 11.8. The molecule has 1 atom stereocenters. The lowest BCUT2D eigenvalue weighted by Gasteiger charge is -2.32. The van der Waals surface area contributed by atoms with Gasteiger partial charge >= 0.3 is 0 Å². The molecule has 3 heterocycles. The van der Waals surface area contributed by atoms with Gasteiger partial charge in [0.05, 0.1) is 0 Å². The Balaban J connectivity index is 1.83. The normalized spacial score (nSPS) is 18.9. The lowest BCUT2D eigenvalue weighted by atomic mass is 10.2. The Kier molecular flexibility index (Phi) is 2.93. The van der Waals surface area contributed by atoms with E-state index in [4.69, 9.17) is 10.2 Å². The maximum Gasteiger partial charge on any atom is 0.236 e. The zero-order valence-corrected chi connectivity index (χ0v) is 11.8. The number of hydrogen-bond donors (Lipinski definition) is 2. The maximum atomic E-state index is 11.4. The third-order valence-electron chi connectivity index (χ3n) is 3.96. The Labute approximate surface area is 126 Å². The van der Waals surface area contributed by atoms with Crippen LogP contribution in [0.4, 0.5) is 5.82 Å². The molecule has 1 saturated heterocycles. The number of aromatic nitrogens is 2. The summed E-state index contributed by atoms with van der Waals surface area (Å²) in [6.07, 6.45) is 1.53. The minimum absolute atomic E-state index is 0.361. The first-order valence-corrected chi connectivity index (χ1v) is 7.14. The quantitative estimate of drug-likeness (QED) is 0.720. The van der Waals surface area contributed by atoms with Gasteiger partial charge in [0, 0.05) is 25.0 Å². The van der Waals surface area contributed by atoms with E-state index in [1.54, 1.807) is 0 Å². The monoisotopic (exact) mass is 297 g/mol. The molecule has 0 aliphatic carbocycles. The molecule has 1 aliphatic heterocycles. The van der Waals surface area contributed by atoms with Gasteiger partial charge in [0.15, 0.2) is 11.4 Å². The molecular weight excluding hydrogens is 282 g/mol. The molecule has 1 aliphatic rings. The lowest BCUT2D eigenvalue weighted by molar-refractivity contribution is -0.120. The van der Waals surface area contributed by atoms with Crippen molar-refractivity contribution in [1.82, 2.24) is 15.3 Å². The Bertz CT molecular complexity index is 859. The highest BCUT2D eigenvalue weighted by Gasteiger charge is 2.26. The van der Waals surface area contributed by atoms with E-state index in [1.807, 2.05) is 29.2 Å². The number of nitrogens with zero attached hydrogens (tertiary/aromatic N) is 3. The van der Waals surface area contributed by atoms with Gasteiger partial charge < -0.3 is 20.4 Å². The van der Waals surface area contributed by atoms with E-state index in [1.165, 1.54) is 6.33 Å². The summed E-state index contributed by atoms with van der Waals surface area (Å²) < 4.78 is 5.93. The third kappa shape index (κ3) is 1.98. The Hall–Kier alpha value is -2.67. The Morgan fingerprint density at radius 3 is 3.09 bits per heavy atom. The molecule has 1 aromatic carbocycles. The first kappa shape index (κ1) is 13.0. The summed E-state index contributed by atoms with van der Waals surface area (Å²) in [6, 6.07) is 7.37. The van der Waals surface area contributed by atoms with Crippen LogP contribution in [0.5, 0.6) is 0 Å². The molecule has 22 heavy (non-hydrogen) atoms. The number of carbonyl (C=O) groups excluding carboxylic acids is 1. The van der Waals surface area contributed by atoms with E-state index in [0.717, 1.165) is 23.0 Å². The van der Waals surface area contributed by atoms with Crippen LogP contribution >= 0.6 is 0 Å².